The average Bonchev–Trinajstić information content (AvgIpc) is 2.77. The first kappa shape index (κ1) is 14.0. The van der Waals surface area contributed by atoms with Gasteiger partial charge in [-0.2, -0.15) is 13.2 Å². The predicted octanol–water partition coefficient (Wildman–Crippen LogP) is 4.18. The average molecular weight is 280 g/mol. The highest BCUT2D eigenvalue weighted by Crippen LogP contribution is 2.26. The first-order valence-corrected chi connectivity index (χ1v) is 5.70. The molecule has 0 saturated carbocycles. The van der Waals surface area contributed by atoms with Gasteiger partial charge in [0.2, 0.25) is 5.89 Å². The van der Waals surface area contributed by atoms with Gasteiger partial charge in [-0.3, -0.25) is 4.98 Å². The molecule has 0 N–H and O–H groups in total. The summed E-state index contributed by atoms with van der Waals surface area (Å²) in [5.41, 5.74) is 0.102. The Morgan fingerprint density at radius 2 is 1.95 bits per heavy atom. The lowest BCUT2D eigenvalue weighted by Crippen LogP contribution is -2.08. The minimum absolute atomic E-state index is 0.335. The van der Waals surface area contributed by atoms with E-state index in [0.717, 1.165) is 6.08 Å². The monoisotopic (exact) mass is 280 g/mol. The molecule has 2 aromatic rings. The maximum absolute atomic E-state index is 12.3. The number of alkyl halides is 3. The van der Waals surface area contributed by atoms with E-state index in [-0.39, 0.29) is 0 Å². The highest BCUT2D eigenvalue weighted by atomic mass is 19.4. The highest BCUT2D eigenvalue weighted by Gasteiger charge is 2.29. The second kappa shape index (κ2) is 5.32. The number of aryl methyl sites for hydroxylation is 1. The quantitative estimate of drug-likeness (QED) is 0.792. The Morgan fingerprint density at radius 1 is 1.30 bits per heavy atom. The Kier molecular flexibility index (Phi) is 3.74. The molecule has 0 radical (unpaired) electrons. The standard InChI is InChI=1S/C14H11F3N2O/c1-9(14(15,16)17)3-4-12-10(2)20-13(19-12)11-5-7-18-8-6-11/h3-8H,1H2,2H3/b4-3-. The molecule has 0 fully saturated rings. The summed E-state index contributed by atoms with van der Waals surface area (Å²) in [5, 5.41) is 0. The lowest BCUT2D eigenvalue weighted by Gasteiger charge is -2.03. The van der Waals surface area contributed by atoms with Gasteiger partial charge in [0.05, 0.1) is 0 Å². The summed E-state index contributed by atoms with van der Waals surface area (Å²) in [6.07, 6.45) is 0.828. The third-order valence-corrected chi connectivity index (χ3v) is 2.57. The van der Waals surface area contributed by atoms with Gasteiger partial charge >= 0.3 is 6.18 Å². The van der Waals surface area contributed by atoms with Crippen LogP contribution in [0.25, 0.3) is 17.5 Å². The molecule has 0 atom stereocenters. The zero-order valence-electron chi connectivity index (χ0n) is 10.6. The minimum atomic E-state index is -4.44. The normalized spacial score (nSPS) is 12.0. The smallest absolute Gasteiger partial charge is 0.415 e. The Balaban J connectivity index is 2.25. The van der Waals surface area contributed by atoms with Gasteiger partial charge in [-0.1, -0.05) is 6.58 Å². The Hall–Kier alpha value is -2.37. The molecule has 0 saturated heterocycles. The van der Waals surface area contributed by atoms with Crippen LogP contribution in [0, 0.1) is 6.92 Å². The van der Waals surface area contributed by atoms with Gasteiger partial charge in [0, 0.05) is 23.5 Å². The van der Waals surface area contributed by atoms with Crippen LogP contribution < -0.4 is 0 Å². The van der Waals surface area contributed by atoms with Crippen molar-refractivity contribution in [1.82, 2.24) is 9.97 Å². The Morgan fingerprint density at radius 3 is 2.55 bits per heavy atom. The van der Waals surface area contributed by atoms with Gasteiger partial charge in [0.25, 0.3) is 0 Å². The van der Waals surface area contributed by atoms with Crippen molar-refractivity contribution < 1.29 is 17.6 Å². The van der Waals surface area contributed by atoms with E-state index in [1.165, 1.54) is 6.08 Å². The first-order chi connectivity index (χ1) is 9.38. The van der Waals surface area contributed by atoms with Gasteiger partial charge < -0.3 is 4.42 Å². The van der Waals surface area contributed by atoms with Crippen molar-refractivity contribution in [3.8, 4) is 11.5 Å². The van der Waals surface area contributed by atoms with E-state index in [1.807, 2.05) is 0 Å². The fourth-order valence-electron chi connectivity index (χ4n) is 1.45. The van der Waals surface area contributed by atoms with Crippen LogP contribution in [0.1, 0.15) is 11.5 Å². The van der Waals surface area contributed by atoms with Crippen molar-refractivity contribution >= 4 is 6.08 Å². The lowest BCUT2D eigenvalue weighted by molar-refractivity contribution is -0.0877. The third kappa shape index (κ3) is 3.14. The van der Waals surface area contributed by atoms with Gasteiger partial charge in [-0.05, 0) is 31.2 Å². The summed E-state index contributed by atoms with van der Waals surface area (Å²) in [6.45, 7) is 4.59. The topological polar surface area (TPSA) is 38.9 Å². The molecule has 0 aliphatic rings. The van der Waals surface area contributed by atoms with Crippen LogP contribution in [-0.2, 0) is 0 Å². The highest BCUT2D eigenvalue weighted by molar-refractivity contribution is 5.58. The van der Waals surface area contributed by atoms with E-state index in [9.17, 15) is 13.2 Å². The second-order valence-corrected chi connectivity index (χ2v) is 4.05. The van der Waals surface area contributed by atoms with Crippen molar-refractivity contribution in [3.05, 3.63) is 54.2 Å². The molecule has 0 spiro atoms. The molecule has 6 heteroatoms. The third-order valence-electron chi connectivity index (χ3n) is 2.57. The van der Waals surface area contributed by atoms with E-state index in [0.29, 0.717) is 22.9 Å². The Labute approximate surface area is 113 Å². The zero-order chi connectivity index (χ0) is 14.8. The first-order valence-electron chi connectivity index (χ1n) is 5.70. The van der Waals surface area contributed by atoms with E-state index in [4.69, 9.17) is 4.42 Å². The molecule has 0 bridgehead atoms. The Bertz CT molecular complexity index is 642. The van der Waals surface area contributed by atoms with Crippen molar-refractivity contribution in [2.24, 2.45) is 0 Å². The van der Waals surface area contributed by atoms with Gasteiger partial charge in [-0.15, -0.1) is 0 Å². The molecule has 0 unspecified atom stereocenters. The number of hydrogen-bond acceptors (Lipinski definition) is 3. The summed E-state index contributed by atoms with van der Waals surface area (Å²) in [6, 6.07) is 3.40. The van der Waals surface area contributed by atoms with Gasteiger partial charge in [0.1, 0.15) is 11.5 Å². The molecule has 3 nitrogen and oxygen atoms in total. The second-order valence-electron chi connectivity index (χ2n) is 4.05. The van der Waals surface area contributed by atoms with Gasteiger partial charge in [0.15, 0.2) is 0 Å². The molecule has 0 aliphatic heterocycles. The predicted molar refractivity (Wildman–Crippen MR) is 68.7 cm³/mol. The van der Waals surface area contributed by atoms with Crippen LogP contribution in [-0.4, -0.2) is 16.1 Å². The molecule has 2 aromatic heterocycles. The molecule has 104 valence electrons. The zero-order valence-corrected chi connectivity index (χ0v) is 10.6. The number of allylic oxidation sites excluding steroid dienone is 2. The maximum atomic E-state index is 12.3. The molecule has 0 aromatic carbocycles. The number of hydrogen-bond donors (Lipinski definition) is 0. The molecule has 20 heavy (non-hydrogen) atoms. The molecule has 2 heterocycles. The lowest BCUT2D eigenvalue weighted by atomic mass is 10.2. The van der Waals surface area contributed by atoms with Crippen LogP contribution in [0.15, 0.2) is 47.2 Å². The molecule has 0 amide bonds. The van der Waals surface area contributed by atoms with Crippen LogP contribution in [0.3, 0.4) is 0 Å². The largest absolute Gasteiger partial charge is 0.441 e. The number of oxazole rings is 1. The summed E-state index contributed by atoms with van der Waals surface area (Å²) in [4.78, 5) is 8.01. The number of halogens is 3. The molecule has 2 rings (SSSR count). The van der Waals surface area contributed by atoms with Crippen LogP contribution in [0.5, 0.6) is 0 Å². The summed E-state index contributed by atoms with van der Waals surface area (Å²) in [7, 11) is 0. The number of nitrogens with zero attached hydrogens (tertiary/aromatic N) is 2. The van der Waals surface area contributed by atoms with Crippen LogP contribution >= 0.6 is 0 Å². The summed E-state index contributed by atoms with van der Waals surface area (Å²) < 4.78 is 42.4. The minimum Gasteiger partial charge on any atom is -0.441 e. The maximum Gasteiger partial charge on any atom is 0.415 e. The van der Waals surface area contributed by atoms with Crippen molar-refractivity contribution in [3.63, 3.8) is 0 Å². The van der Waals surface area contributed by atoms with E-state index in [1.54, 1.807) is 31.5 Å². The fraction of sp³-hybridized carbons (Fsp3) is 0.143. The van der Waals surface area contributed by atoms with Crippen LogP contribution in [0.4, 0.5) is 13.2 Å². The molecular formula is C14H11F3N2O. The number of aromatic nitrogens is 2. The number of pyridine rings is 1. The summed E-state index contributed by atoms with van der Waals surface area (Å²) >= 11 is 0. The molecular weight excluding hydrogens is 269 g/mol. The molecule has 0 aliphatic carbocycles. The SMILES string of the molecule is C=C(/C=C\c1nc(-c2ccncc2)oc1C)C(F)(F)F. The fourth-order valence-corrected chi connectivity index (χ4v) is 1.45. The number of rotatable bonds is 3. The van der Waals surface area contributed by atoms with Crippen molar-refractivity contribution in [1.29, 1.82) is 0 Å². The van der Waals surface area contributed by atoms with E-state index < -0.39 is 11.7 Å². The van der Waals surface area contributed by atoms with Gasteiger partial charge in [-0.25, -0.2) is 4.98 Å². The van der Waals surface area contributed by atoms with E-state index in [2.05, 4.69) is 16.5 Å². The summed E-state index contributed by atoms with van der Waals surface area (Å²) in [5.74, 6) is 0.769. The van der Waals surface area contributed by atoms with Crippen molar-refractivity contribution in [2.75, 3.05) is 0 Å². The van der Waals surface area contributed by atoms with Crippen LogP contribution in [0.2, 0.25) is 0 Å². The van der Waals surface area contributed by atoms with E-state index >= 15 is 0 Å². The van der Waals surface area contributed by atoms with Crippen molar-refractivity contribution in [2.45, 2.75) is 13.1 Å².